The number of hydrogen-bond donors (Lipinski definition) is 1. The summed E-state index contributed by atoms with van der Waals surface area (Å²) < 4.78 is 0. The van der Waals surface area contributed by atoms with Crippen LogP contribution < -0.4 is 0 Å². The minimum atomic E-state index is 0.359. The highest BCUT2D eigenvalue weighted by Crippen LogP contribution is 2.52. The Hall–Kier alpha value is -0.0800. The smallest absolute Gasteiger partial charge is 0.0434 e. The highest BCUT2D eigenvalue weighted by molar-refractivity contribution is 5.05. The third-order valence-electron chi connectivity index (χ3n) is 3.71. The van der Waals surface area contributed by atoms with Crippen LogP contribution in [0.25, 0.3) is 0 Å². The molecule has 0 aromatic carbocycles. The predicted octanol–water partition coefficient (Wildman–Crippen LogP) is 1.49. The molecule has 2 nitrogen and oxygen atoms in total. The second kappa shape index (κ2) is 3.58. The van der Waals surface area contributed by atoms with Crippen LogP contribution >= 0.6 is 0 Å². The number of nitrogens with zero attached hydrogens (tertiary/aromatic N) is 1. The van der Waals surface area contributed by atoms with E-state index in [2.05, 4.69) is 11.8 Å². The molecule has 2 fully saturated rings. The summed E-state index contributed by atoms with van der Waals surface area (Å²) in [6.07, 6.45) is 5.14. The number of hydrogen-bond acceptors (Lipinski definition) is 2. The van der Waals surface area contributed by atoms with Crippen LogP contribution in [-0.4, -0.2) is 36.2 Å². The lowest BCUT2D eigenvalue weighted by Crippen LogP contribution is -2.50. The molecule has 1 saturated heterocycles. The summed E-state index contributed by atoms with van der Waals surface area (Å²) in [4.78, 5) is 2.57. The minimum Gasteiger partial charge on any atom is -0.396 e. The highest BCUT2D eigenvalue weighted by Gasteiger charge is 2.51. The first-order chi connectivity index (χ1) is 6.28. The van der Waals surface area contributed by atoms with E-state index in [0.717, 1.165) is 17.8 Å². The molecule has 1 aliphatic carbocycles. The summed E-state index contributed by atoms with van der Waals surface area (Å²) in [5, 5.41) is 8.87. The number of rotatable bonds is 5. The van der Waals surface area contributed by atoms with Crippen LogP contribution in [0, 0.1) is 11.3 Å². The van der Waals surface area contributed by atoms with E-state index in [1.807, 2.05) is 0 Å². The van der Waals surface area contributed by atoms with E-state index in [4.69, 9.17) is 5.11 Å². The Kier molecular flexibility index (Phi) is 2.61. The van der Waals surface area contributed by atoms with Crippen LogP contribution in [0.15, 0.2) is 0 Å². The normalized spacial score (nSPS) is 27.2. The topological polar surface area (TPSA) is 23.5 Å². The molecule has 1 spiro atoms. The summed E-state index contributed by atoms with van der Waals surface area (Å²) in [6, 6.07) is 0. The van der Waals surface area contributed by atoms with Gasteiger partial charge < -0.3 is 10.0 Å². The fraction of sp³-hybridized carbons (Fsp3) is 1.00. The van der Waals surface area contributed by atoms with Crippen LogP contribution in [0.4, 0.5) is 0 Å². The van der Waals surface area contributed by atoms with Crippen molar-refractivity contribution in [3.63, 3.8) is 0 Å². The van der Waals surface area contributed by atoms with Crippen molar-refractivity contribution in [1.82, 2.24) is 4.90 Å². The van der Waals surface area contributed by atoms with Crippen LogP contribution in [0.2, 0.25) is 0 Å². The second-order valence-electron chi connectivity index (χ2n) is 4.96. The van der Waals surface area contributed by atoms with Gasteiger partial charge in [0.1, 0.15) is 0 Å². The Balaban J connectivity index is 1.65. The molecule has 1 heterocycles. The van der Waals surface area contributed by atoms with E-state index in [1.165, 1.54) is 38.9 Å². The van der Waals surface area contributed by atoms with Crippen molar-refractivity contribution in [1.29, 1.82) is 0 Å². The van der Waals surface area contributed by atoms with Gasteiger partial charge in [-0.25, -0.2) is 0 Å². The average Bonchev–Trinajstić information content (AvgIpc) is 2.82. The molecular formula is C11H21NO. The van der Waals surface area contributed by atoms with E-state index in [9.17, 15) is 0 Å². The lowest BCUT2D eigenvalue weighted by Gasteiger charge is -2.41. The second-order valence-corrected chi connectivity index (χ2v) is 4.96. The Bertz CT molecular complexity index is 169. The number of aliphatic hydroxyl groups is 1. The van der Waals surface area contributed by atoms with Gasteiger partial charge in [-0.3, -0.25) is 0 Å². The van der Waals surface area contributed by atoms with E-state index < -0.39 is 0 Å². The van der Waals surface area contributed by atoms with Gasteiger partial charge >= 0.3 is 0 Å². The molecule has 76 valence electrons. The van der Waals surface area contributed by atoms with Gasteiger partial charge in [-0.2, -0.15) is 0 Å². The standard InChI is InChI=1S/C11H21NO/c1-2-10(3-6-13)7-12-8-11(9-12)4-5-11/h10,13H,2-9H2,1H3. The van der Waals surface area contributed by atoms with Crippen molar-refractivity contribution >= 4 is 0 Å². The molecule has 0 aromatic rings. The van der Waals surface area contributed by atoms with Crippen molar-refractivity contribution in [2.45, 2.75) is 32.6 Å². The predicted molar refractivity (Wildman–Crippen MR) is 53.6 cm³/mol. The maximum atomic E-state index is 8.87. The van der Waals surface area contributed by atoms with E-state index in [1.54, 1.807) is 0 Å². The van der Waals surface area contributed by atoms with Gasteiger partial charge in [0.05, 0.1) is 0 Å². The molecule has 0 amide bonds. The lowest BCUT2D eigenvalue weighted by atomic mass is 9.93. The first kappa shape index (κ1) is 9.47. The fourth-order valence-electron chi connectivity index (χ4n) is 2.50. The van der Waals surface area contributed by atoms with Gasteiger partial charge in [0.25, 0.3) is 0 Å². The maximum Gasteiger partial charge on any atom is 0.0434 e. The summed E-state index contributed by atoms with van der Waals surface area (Å²) in [5.41, 5.74) is 0.789. The van der Waals surface area contributed by atoms with Crippen molar-refractivity contribution in [2.24, 2.45) is 11.3 Å². The van der Waals surface area contributed by atoms with Crippen LogP contribution in [0.3, 0.4) is 0 Å². The van der Waals surface area contributed by atoms with Gasteiger partial charge in [0.2, 0.25) is 0 Å². The Labute approximate surface area is 80.9 Å². The minimum absolute atomic E-state index is 0.359. The zero-order valence-corrected chi connectivity index (χ0v) is 8.63. The zero-order chi connectivity index (χ0) is 9.31. The lowest BCUT2D eigenvalue weighted by molar-refractivity contribution is 0.0583. The Morgan fingerprint density at radius 2 is 2.08 bits per heavy atom. The largest absolute Gasteiger partial charge is 0.396 e. The molecule has 1 atom stereocenters. The molecule has 1 unspecified atom stereocenters. The van der Waals surface area contributed by atoms with Gasteiger partial charge in [0, 0.05) is 26.2 Å². The third-order valence-corrected chi connectivity index (χ3v) is 3.71. The molecule has 2 aliphatic rings. The molecule has 1 saturated carbocycles. The monoisotopic (exact) mass is 183 g/mol. The summed E-state index contributed by atoms with van der Waals surface area (Å²) in [7, 11) is 0. The fourth-order valence-corrected chi connectivity index (χ4v) is 2.50. The molecule has 0 aromatic heterocycles. The Morgan fingerprint density at radius 1 is 1.38 bits per heavy atom. The molecule has 0 bridgehead atoms. The van der Waals surface area contributed by atoms with Crippen LogP contribution in [0.1, 0.15) is 32.6 Å². The molecule has 1 N–H and O–H groups in total. The van der Waals surface area contributed by atoms with Gasteiger partial charge in [0.15, 0.2) is 0 Å². The molecule has 2 heteroatoms. The van der Waals surface area contributed by atoms with E-state index in [-0.39, 0.29) is 0 Å². The number of likely N-dealkylation sites (tertiary alicyclic amines) is 1. The quantitative estimate of drug-likeness (QED) is 0.698. The summed E-state index contributed by atoms with van der Waals surface area (Å²) in [6.45, 7) is 6.49. The molecule has 1 aliphatic heterocycles. The van der Waals surface area contributed by atoms with Gasteiger partial charge in [-0.1, -0.05) is 13.3 Å². The first-order valence-corrected chi connectivity index (χ1v) is 5.61. The van der Waals surface area contributed by atoms with Crippen molar-refractivity contribution in [3.05, 3.63) is 0 Å². The molecule has 13 heavy (non-hydrogen) atoms. The van der Waals surface area contributed by atoms with Gasteiger partial charge in [-0.15, -0.1) is 0 Å². The SMILES string of the molecule is CCC(CCO)CN1CC2(CC2)C1. The van der Waals surface area contributed by atoms with Crippen molar-refractivity contribution < 1.29 is 5.11 Å². The van der Waals surface area contributed by atoms with Gasteiger partial charge in [-0.05, 0) is 30.6 Å². The van der Waals surface area contributed by atoms with Crippen molar-refractivity contribution in [2.75, 3.05) is 26.2 Å². The van der Waals surface area contributed by atoms with E-state index >= 15 is 0 Å². The van der Waals surface area contributed by atoms with Crippen LogP contribution in [-0.2, 0) is 0 Å². The van der Waals surface area contributed by atoms with Crippen molar-refractivity contribution in [3.8, 4) is 0 Å². The first-order valence-electron chi connectivity index (χ1n) is 5.61. The molecule has 0 radical (unpaired) electrons. The third kappa shape index (κ3) is 2.05. The summed E-state index contributed by atoms with van der Waals surface area (Å²) >= 11 is 0. The van der Waals surface area contributed by atoms with E-state index in [0.29, 0.717) is 6.61 Å². The average molecular weight is 183 g/mol. The Morgan fingerprint density at radius 3 is 2.54 bits per heavy atom. The molecular weight excluding hydrogens is 162 g/mol. The molecule has 2 rings (SSSR count). The van der Waals surface area contributed by atoms with Crippen LogP contribution in [0.5, 0.6) is 0 Å². The highest BCUT2D eigenvalue weighted by atomic mass is 16.3. The maximum absolute atomic E-state index is 8.87. The zero-order valence-electron chi connectivity index (χ0n) is 8.63. The number of aliphatic hydroxyl groups excluding tert-OH is 1. The summed E-state index contributed by atoms with van der Waals surface area (Å²) in [5.74, 6) is 0.723.